The van der Waals surface area contributed by atoms with E-state index in [9.17, 15) is 4.79 Å². The number of hydrogen-bond acceptors (Lipinski definition) is 3. The van der Waals surface area contributed by atoms with E-state index in [-0.39, 0.29) is 11.9 Å². The van der Waals surface area contributed by atoms with Crippen LogP contribution in [0.2, 0.25) is 0 Å². The molecule has 19 heavy (non-hydrogen) atoms. The fourth-order valence-corrected chi connectivity index (χ4v) is 1.78. The monoisotopic (exact) mass is 264 g/mol. The second kappa shape index (κ2) is 9.53. The summed E-state index contributed by atoms with van der Waals surface area (Å²) in [5.41, 5.74) is 1.33. The molecule has 1 unspecified atom stereocenters. The van der Waals surface area contributed by atoms with Crippen LogP contribution in [0, 0.1) is 0 Å². The molecule has 0 bridgehead atoms. The normalized spacial score (nSPS) is 12.1. The van der Waals surface area contributed by atoms with Crippen molar-refractivity contribution in [1.82, 2.24) is 10.6 Å². The van der Waals surface area contributed by atoms with E-state index in [0.29, 0.717) is 13.2 Å². The lowest BCUT2D eigenvalue weighted by Gasteiger charge is -2.13. The summed E-state index contributed by atoms with van der Waals surface area (Å²) in [6, 6.07) is 10.2. The molecule has 2 N–H and O–H groups in total. The van der Waals surface area contributed by atoms with E-state index in [4.69, 9.17) is 4.74 Å². The first-order chi connectivity index (χ1) is 9.24. The third kappa shape index (κ3) is 6.94. The molecule has 1 rings (SSSR count). The number of carbonyl (C=O) groups excluding carboxylic acids is 1. The highest BCUT2D eigenvalue weighted by Crippen LogP contribution is 2.01. The third-order valence-corrected chi connectivity index (χ3v) is 2.93. The van der Waals surface area contributed by atoms with Gasteiger partial charge in [-0.3, -0.25) is 4.79 Å². The van der Waals surface area contributed by atoms with E-state index in [0.717, 1.165) is 19.4 Å². The Kier molecular flexibility index (Phi) is 7.86. The van der Waals surface area contributed by atoms with Crippen LogP contribution < -0.4 is 10.6 Å². The van der Waals surface area contributed by atoms with Crippen molar-refractivity contribution in [1.29, 1.82) is 0 Å². The lowest BCUT2D eigenvalue weighted by atomic mass is 10.1. The van der Waals surface area contributed by atoms with Crippen molar-refractivity contribution in [2.75, 3.05) is 26.8 Å². The molecule has 0 aromatic heterocycles. The van der Waals surface area contributed by atoms with Gasteiger partial charge in [-0.25, -0.2) is 0 Å². The van der Waals surface area contributed by atoms with Crippen LogP contribution in [0.25, 0.3) is 0 Å². The maximum atomic E-state index is 11.7. The van der Waals surface area contributed by atoms with Gasteiger partial charge in [0.2, 0.25) is 5.91 Å². The summed E-state index contributed by atoms with van der Waals surface area (Å²) in [6.45, 7) is 3.83. The Morgan fingerprint density at radius 2 is 2.00 bits per heavy atom. The first-order valence-corrected chi connectivity index (χ1v) is 6.78. The van der Waals surface area contributed by atoms with Crippen molar-refractivity contribution in [2.45, 2.75) is 25.8 Å². The Morgan fingerprint density at radius 1 is 1.26 bits per heavy atom. The summed E-state index contributed by atoms with van der Waals surface area (Å²) in [6.07, 6.45) is 2.06. The molecule has 0 spiro atoms. The summed E-state index contributed by atoms with van der Waals surface area (Å²) in [7, 11) is 1.62. The predicted molar refractivity (Wildman–Crippen MR) is 77.1 cm³/mol. The van der Waals surface area contributed by atoms with Crippen LogP contribution in [-0.4, -0.2) is 38.8 Å². The van der Waals surface area contributed by atoms with E-state index in [1.165, 1.54) is 5.56 Å². The molecule has 0 saturated heterocycles. The van der Waals surface area contributed by atoms with E-state index in [2.05, 4.69) is 34.9 Å². The quantitative estimate of drug-likeness (QED) is 0.662. The van der Waals surface area contributed by atoms with Crippen LogP contribution in [0.5, 0.6) is 0 Å². The number of benzene rings is 1. The van der Waals surface area contributed by atoms with Gasteiger partial charge >= 0.3 is 0 Å². The Bertz CT molecular complexity index is 354. The highest BCUT2D eigenvalue weighted by atomic mass is 16.5. The van der Waals surface area contributed by atoms with E-state index >= 15 is 0 Å². The Hall–Kier alpha value is -1.39. The average Bonchev–Trinajstić information content (AvgIpc) is 2.44. The van der Waals surface area contributed by atoms with Gasteiger partial charge in [0.25, 0.3) is 0 Å². The van der Waals surface area contributed by atoms with Gasteiger partial charge in [0.1, 0.15) is 0 Å². The van der Waals surface area contributed by atoms with E-state index < -0.39 is 0 Å². The molecule has 0 radical (unpaired) electrons. The van der Waals surface area contributed by atoms with Gasteiger partial charge in [-0.1, -0.05) is 30.3 Å². The second-order valence-electron chi connectivity index (χ2n) is 4.55. The van der Waals surface area contributed by atoms with Crippen molar-refractivity contribution >= 4 is 5.91 Å². The largest absolute Gasteiger partial charge is 0.383 e. The molecule has 0 fully saturated rings. The fraction of sp³-hybridized carbons (Fsp3) is 0.533. The third-order valence-electron chi connectivity index (χ3n) is 2.93. The van der Waals surface area contributed by atoms with Crippen LogP contribution in [0.4, 0.5) is 0 Å². The zero-order valence-electron chi connectivity index (χ0n) is 11.8. The first-order valence-electron chi connectivity index (χ1n) is 6.78. The zero-order valence-corrected chi connectivity index (χ0v) is 11.8. The number of rotatable bonds is 9. The highest BCUT2D eigenvalue weighted by Gasteiger charge is 2.10. The van der Waals surface area contributed by atoms with Crippen LogP contribution in [0.15, 0.2) is 30.3 Å². The Morgan fingerprint density at radius 3 is 2.68 bits per heavy atom. The van der Waals surface area contributed by atoms with Gasteiger partial charge in [0.05, 0.1) is 12.6 Å². The molecule has 1 aromatic carbocycles. The molecule has 4 heteroatoms. The minimum absolute atomic E-state index is 0.0248. The van der Waals surface area contributed by atoms with Crippen LogP contribution in [-0.2, 0) is 16.0 Å². The minimum atomic E-state index is -0.160. The molecule has 0 aliphatic heterocycles. The van der Waals surface area contributed by atoms with Crippen LogP contribution >= 0.6 is 0 Å². The predicted octanol–water partition coefficient (Wildman–Crippen LogP) is 1.36. The van der Waals surface area contributed by atoms with Crippen molar-refractivity contribution < 1.29 is 9.53 Å². The highest BCUT2D eigenvalue weighted by molar-refractivity contribution is 5.81. The summed E-state index contributed by atoms with van der Waals surface area (Å²) in [5.74, 6) is 0.0248. The number of aryl methyl sites for hydroxylation is 1. The number of hydrogen-bond donors (Lipinski definition) is 2. The fourth-order valence-electron chi connectivity index (χ4n) is 1.78. The SMILES string of the molecule is COCCNC(=O)C(C)NCCCc1ccccc1. The molecular weight excluding hydrogens is 240 g/mol. The molecule has 0 aliphatic carbocycles. The molecule has 1 amide bonds. The smallest absolute Gasteiger partial charge is 0.236 e. The lowest BCUT2D eigenvalue weighted by molar-refractivity contribution is -0.122. The number of methoxy groups -OCH3 is 1. The van der Waals surface area contributed by atoms with Gasteiger partial charge in [0.15, 0.2) is 0 Å². The van der Waals surface area contributed by atoms with Gasteiger partial charge in [-0.05, 0) is 31.9 Å². The molecular formula is C15H24N2O2. The summed E-state index contributed by atoms with van der Waals surface area (Å²) in [4.78, 5) is 11.7. The maximum absolute atomic E-state index is 11.7. The van der Waals surface area contributed by atoms with Crippen molar-refractivity contribution in [3.05, 3.63) is 35.9 Å². The Labute approximate surface area is 115 Å². The summed E-state index contributed by atoms with van der Waals surface area (Å²) < 4.78 is 4.88. The van der Waals surface area contributed by atoms with E-state index in [1.807, 2.05) is 13.0 Å². The van der Waals surface area contributed by atoms with Gasteiger partial charge < -0.3 is 15.4 Å². The van der Waals surface area contributed by atoms with Gasteiger partial charge in [-0.15, -0.1) is 0 Å². The number of ether oxygens (including phenoxy) is 1. The summed E-state index contributed by atoms with van der Waals surface area (Å²) >= 11 is 0. The minimum Gasteiger partial charge on any atom is -0.383 e. The van der Waals surface area contributed by atoms with Crippen LogP contribution in [0.3, 0.4) is 0 Å². The van der Waals surface area contributed by atoms with Crippen LogP contribution in [0.1, 0.15) is 18.9 Å². The molecule has 106 valence electrons. The van der Waals surface area contributed by atoms with Crippen molar-refractivity contribution in [3.63, 3.8) is 0 Å². The molecule has 1 atom stereocenters. The molecule has 0 aliphatic rings. The number of nitrogens with one attached hydrogen (secondary N) is 2. The molecule has 4 nitrogen and oxygen atoms in total. The number of carbonyl (C=O) groups is 1. The molecule has 1 aromatic rings. The average molecular weight is 264 g/mol. The second-order valence-corrected chi connectivity index (χ2v) is 4.55. The lowest BCUT2D eigenvalue weighted by Crippen LogP contribution is -2.43. The summed E-state index contributed by atoms with van der Waals surface area (Å²) in [5, 5.41) is 6.04. The Balaban J connectivity index is 2.09. The number of amides is 1. The molecule has 0 heterocycles. The maximum Gasteiger partial charge on any atom is 0.236 e. The molecule has 0 saturated carbocycles. The van der Waals surface area contributed by atoms with Gasteiger partial charge in [-0.2, -0.15) is 0 Å². The first kappa shape index (κ1) is 15.7. The van der Waals surface area contributed by atoms with E-state index in [1.54, 1.807) is 7.11 Å². The van der Waals surface area contributed by atoms with Gasteiger partial charge in [0, 0.05) is 13.7 Å². The van der Waals surface area contributed by atoms with Crippen molar-refractivity contribution in [3.8, 4) is 0 Å². The standard InChI is InChI=1S/C15H24N2O2/c1-13(15(18)17-11-12-19-2)16-10-6-9-14-7-4-3-5-8-14/h3-5,7-8,13,16H,6,9-12H2,1-2H3,(H,17,18). The topological polar surface area (TPSA) is 50.4 Å². The van der Waals surface area contributed by atoms with Crippen molar-refractivity contribution in [2.24, 2.45) is 0 Å². The zero-order chi connectivity index (χ0) is 13.9.